The van der Waals surface area contributed by atoms with Gasteiger partial charge < -0.3 is 9.88 Å². The lowest BCUT2D eigenvalue weighted by molar-refractivity contribution is -0.393. The molecule has 2 heterocycles. The lowest BCUT2D eigenvalue weighted by atomic mass is 10.1. The second-order valence-electron chi connectivity index (χ2n) is 5.66. The molecule has 0 amide bonds. The van der Waals surface area contributed by atoms with E-state index in [0.29, 0.717) is 5.82 Å². The van der Waals surface area contributed by atoms with E-state index in [0.717, 1.165) is 37.7 Å². The Balaban J connectivity index is 1.89. The molecule has 0 saturated carbocycles. The molecule has 3 rings (SSSR count). The summed E-state index contributed by atoms with van der Waals surface area (Å²) in [6.45, 7) is 2.66. The zero-order chi connectivity index (χ0) is 17.3. The van der Waals surface area contributed by atoms with E-state index in [1.54, 1.807) is 0 Å². The molecule has 1 aliphatic rings. The van der Waals surface area contributed by atoms with E-state index in [-0.39, 0.29) is 23.1 Å². The van der Waals surface area contributed by atoms with Crippen LogP contribution in [0.15, 0.2) is 18.2 Å². The molecule has 24 heavy (non-hydrogen) atoms. The van der Waals surface area contributed by atoms with Crippen molar-refractivity contribution < 1.29 is 9.85 Å². The van der Waals surface area contributed by atoms with Crippen LogP contribution in [-0.4, -0.2) is 24.6 Å². The van der Waals surface area contributed by atoms with Crippen LogP contribution in [0.4, 0.5) is 17.1 Å². The summed E-state index contributed by atoms with van der Waals surface area (Å²) < 4.78 is 2.03. The van der Waals surface area contributed by atoms with E-state index in [4.69, 9.17) is 0 Å². The van der Waals surface area contributed by atoms with Gasteiger partial charge in [-0.25, -0.2) is 0 Å². The second kappa shape index (κ2) is 6.22. The molecule has 1 aromatic carbocycles. The Bertz CT molecular complexity index is 803. The first-order chi connectivity index (χ1) is 11.5. The third kappa shape index (κ3) is 2.90. The molecule has 1 atom stereocenters. The standard InChI is InChI=1S/C14H16N6O4/c1-9(14-17-16-13-4-2-3-7-18(13)14)15-11-6-5-10(19(21)22)8-12(11)20(23)24/h5-6,8-9,15H,2-4,7H2,1H3. The van der Waals surface area contributed by atoms with Gasteiger partial charge in [0.2, 0.25) is 0 Å². The SMILES string of the molecule is CC(Nc1ccc([N+](=O)[O-])cc1[N+](=O)[O-])c1nnc2n1CCCC2. The molecule has 10 nitrogen and oxygen atoms in total. The summed E-state index contributed by atoms with van der Waals surface area (Å²) >= 11 is 0. The predicted molar refractivity (Wildman–Crippen MR) is 84.7 cm³/mol. The Hall–Kier alpha value is -3.04. The van der Waals surface area contributed by atoms with Crippen LogP contribution in [0, 0.1) is 20.2 Å². The fourth-order valence-electron chi connectivity index (χ4n) is 2.86. The van der Waals surface area contributed by atoms with Crippen LogP contribution in [0.25, 0.3) is 0 Å². The molecule has 0 bridgehead atoms. The summed E-state index contributed by atoms with van der Waals surface area (Å²) in [5.74, 6) is 1.63. The third-order valence-electron chi connectivity index (χ3n) is 4.04. The average molecular weight is 332 g/mol. The van der Waals surface area contributed by atoms with E-state index in [1.807, 2.05) is 11.5 Å². The maximum Gasteiger partial charge on any atom is 0.299 e. The topological polar surface area (TPSA) is 129 Å². The van der Waals surface area contributed by atoms with Crippen LogP contribution < -0.4 is 5.32 Å². The Labute approximate surface area is 136 Å². The van der Waals surface area contributed by atoms with E-state index in [9.17, 15) is 20.2 Å². The maximum atomic E-state index is 11.2. The maximum absolute atomic E-state index is 11.2. The molecule has 1 N–H and O–H groups in total. The lowest BCUT2D eigenvalue weighted by Gasteiger charge is -2.19. The normalized spacial score (nSPS) is 14.7. The molecule has 2 aromatic rings. The largest absolute Gasteiger partial charge is 0.370 e. The van der Waals surface area contributed by atoms with Gasteiger partial charge in [-0.1, -0.05) is 0 Å². The fraction of sp³-hybridized carbons (Fsp3) is 0.429. The first-order valence-electron chi connectivity index (χ1n) is 7.58. The van der Waals surface area contributed by atoms with Gasteiger partial charge in [0, 0.05) is 19.0 Å². The van der Waals surface area contributed by atoms with Crippen molar-refractivity contribution in [3.63, 3.8) is 0 Å². The first kappa shape index (κ1) is 15.8. The van der Waals surface area contributed by atoms with E-state index in [2.05, 4.69) is 15.5 Å². The summed E-state index contributed by atoms with van der Waals surface area (Å²) in [6, 6.07) is 3.22. The van der Waals surface area contributed by atoms with Gasteiger partial charge in [0.05, 0.1) is 22.0 Å². The van der Waals surface area contributed by atoms with Gasteiger partial charge in [-0.05, 0) is 25.8 Å². The number of anilines is 1. The first-order valence-corrected chi connectivity index (χ1v) is 7.58. The number of aromatic nitrogens is 3. The number of aryl methyl sites for hydroxylation is 1. The number of rotatable bonds is 5. The molecule has 0 spiro atoms. The monoisotopic (exact) mass is 332 g/mol. The highest BCUT2D eigenvalue weighted by Gasteiger charge is 2.24. The van der Waals surface area contributed by atoms with Crippen LogP contribution in [0.5, 0.6) is 0 Å². The minimum Gasteiger partial charge on any atom is -0.370 e. The zero-order valence-corrected chi connectivity index (χ0v) is 13.0. The second-order valence-corrected chi connectivity index (χ2v) is 5.66. The molecule has 0 aliphatic carbocycles. The van der Waals surface area contributed by atoms with E-state index >= 15 is 0 Å². The van der Waals surface area contributed by atoms with Crippen molar-refractivity contribution in [1.29, 1.82) is 0 Å². The summed E-state index contributed by atoms with van der Waals surface area (Å²) in [6.07, 6.45) is 2.99. The summed E-state index contributed by atoms with van der Waals surface area (Å²) in [7, 11) is 0. The van der Waals surface area contributed by atoms with Crippen LogP contribution in [0.2, 0.25) is 0 Å². The Morgan fingerprint density at radius 2 is 2.00 bits per heavy atom. The number of nitro groups is 2. The number of benzene rings is 1. The minimum absolute atomic E-state index is 0.214. The molecule has 0 fully saturated rings. The van der Waals surface area contributed by atoms with Gasteiger partial charge in [0.15, 0.2) is 5.82 Å². The van der Waals surface area contributed by atoms with Crippen molar-refractivity contribution in [2.24, 2.45) is 0 Å². The third-order valence-corrected chi connectivity index (χ3v) is 4.04. The Morgan fingerprint density at radius 3 is 2.71 bits per heavy atom. The van der Waals surface area contributed by atoms with Gasteiger partial charge in [-0.2, -0.15) is 0 Å². The number of nitrogens with one attached hydrogen (secondary N) is 1. The van der Waals surface area contributed by atoms with Crippen molar-refractivity contribution in [1.82, 2.24) is 14.8 Å². The number of nitro benzene ring substituents is 2. The zero-order valence-electron chi connectivity index (χ0n) is 13.0. The molecule has 0 saturated heterocycles. The van der Waals surface area contributed by atoms with Crippen LogP contribution in [0.3, 0.4) is 0 Å². The molecular weight excluding hydrogens is 316 g/mol. The average Bonchev–Trinajstić information content (AvgIpc) is 2.98. The van der Waals surface area contributed by atoms with Gasteiger partial charge in [-0.15, -0.1) is 10.2 Å². The minimum atomic E-state index is -0.658. The van der Waals surface area contributed by atoms with E-state index < -0.39 is 9.85 Å². The highest BCUT2D eigenvalue weighted by molar-refractivity contribution is 5.65. The predicted octanol–water partition coefficient (Wildman–Crippen LogP) is 2.60. The fourth-order valence-corrected chi connectivity index (χ4v) is 2.86. The summed E-state index contributed by atoms with van der Waals surface area (Å²) in [5.41, 5.74) is -0.444. The lowest BCUT2D eigenvalue weighted by Crippen LogP contribution is -2.18. The van der Waals surface area contributed by atoms with Gasteiger partial charge in [-0.3, -0.25) is 20.2 Å². The highest BCUT2D eigenvalue weighted by Crippen LogP contribution is 2.31. The summed E-state index contributed by atoms with van der Waals surface area (Å²) in [5, 5.41) is 33.4. The Kier molecular flexibility index (Phi) is 4.11. The Morgan fingerprint density at radius 1 is 1.21 bits per heavy atom. The van der Waals surface area contributed by atoms with Gasteiger partial charge >= 0.3 is 0 Å². The molecule has 1 unspecified atom stereocenters. The summed E-state index contributed by atoms with van der Waals surface area (Å²) in [4.78, 5) is 20.7. The van der Waals surface area contributed by atoms with Crippen molar-refractivity contribution in [2.75, 3.05) is 5.32 Å². The van der Waals surface area contributed by atoms with Crippen LogP contribution in [0.1, 0.15) is 37.5 Å². The van der Waals surface area contributed by atoms with Crippen molar-refractivity contribution in [3.8, 4) is 0 Å². The number of hydrogen-bond donors (Lipinski definition) is 1. The number of hydrogen-bond acceptors (Lipinski definition) is 7. The highest BCUT2D eigenvalue weighted by atomic mass is 16.6. The quantitative estimate of drug-likeness (QED) is 0.658. The van der Waals surface area contributed by atoms with Gasteiger partial charge in [0.25, 0.3) is 11.4 Å². The molecule has 1 aliphatic heterocycles. The van der Waals surface area contributed by atoms with Gasteiger partial charge in [0.1, 0.15) is 11.5 Å². The van der Waals surface area contributed by atoms with Crippen molar-refractivity contribution >= 4 is 17.1 Å². The molecule has 1 aromatic heterocycles. The number of nitrogens with zero attached hydrogens (tertiary/aromatic N) is 5. The molecule has 10 heteroatoms. The van der Waals surface area contributed by atoms with Crippen molar-refractivity contribution in [3.05, 3.63) is 50.1 Å². The number of non-ortho nitro benzene ring substituents is 1. The van der Waals surface area contributed by atoms with Crippen LogP contribution in [-0.2, 0) is 13.0 Å². The molecular formula is C14H16N6O4. The van der Waals surface area contributed by atoms with E-state index in [1.165, 1.54) is 12.1 Å². The smallest absolute Gasteiger partial charge is 0.299 e. The van der Waals surface area contributed by atoms with Crippen molar-refractivity contribution in [2.45, 2.75) is 38.8 Å². The van der Waals surface area contributed by atoms with Crippen LogP contribution >= 0.6 is 0 Å². The number of fused-ring (bicyclic) bond motifs is 1. The molecule has 126 valence electrons. The molecule has 0 radical (unpaired) electrons.